The molecule has 16 heavy (non-hydrogen) atoms. The van der Waals surface area contributed by atoms with Gasteiger partial charge in [0.05, 0.1) is 18.1 Å². The number of hydrogen-bond acceptors (Lipinski definition) is 4. The van der Waals surface area contributed by atoms with Gasteiger partial charge in [-0.15, -0.1) is 0 Å². The SMILES string of the molecule is NC1=NCC(c2cccc3cccnc23)N1. The molecule has 4 heteroatoms. The van der Waals surface area contributed by atoms with Crippen molar-refractivity contribution in [1.29, 1.82) is 0 Å². The van der Waals surface area contributed by atoms with Crippen LogP contribution in [0, 0.1) is 0 Å². The maximum Gasteiger partial charge on any atom is 0.189 e. The highest BCUT2D eigenvalue weighted by Crippen LogP contribution is 2.24. The van der Waals surface area contributed by atoms with Gasteiger partial charge < -0.3 is 11.1 Å². The summed E-state index contributed by atoms with van der Waals surface area (Å²) in [6.07, 6.45) is 1.81. The van der Waals surface area contributed by atoms with Crippen LogP contribution >= 0.6 is 0 Å². The van der Waals surface area contributed by atoms with E-state index in [0.717, 1.165) is 16.5 Å². The van der Waals surface area contributed by atoms with Crippen LogP contribution < -0.4 is 11.1 Å². The molecule has 1 aliphatic rings. The fourth-order valence-electron chi connectivity index (χ4n) is 2.04. The van der Waals surface area contributed by atoms with Crippen LogP contribution in [0.25, 0.3) is 10.9 Å². The summed E-state index contributed by atoms with van der Waals surface area (Å²) in [6.45, 7) is 0.682. The summed E-state index contributed by atoms with van der Waals surface area (Å²) in [5.74, 6) is 0.512. The van der Waals surface area contributed by atoms with E-state index >= 15 is 0 Å². The predicted molar refractivity (Wildman–Crippen MR) is 64.1 cm³/mol. The lowest BCUT2D eigenvalue weighted by molar-refractivity contribution is 0.712. The van der Waals surface area contributed by atoms with Crippen LogP contribution in [0.5, 0.6) is 0 Å². The molecule has 0 saturated carbocycles. The number of rotatable bonds is 1. The first kappa shape index (κ1) is 9.15. The van der Waals surface area contributed by atoms with Crippen LogP contribution in [-0.4, -0.2) is 17.5 Å². The molecule has 0 amide bonds. The third kappa shape index (κ3) is 1.39. The molecule has 0 saturated heterocycles. The van der Waals surface area contributed by atoms with Crippen molar-refractivity contribution in [2.75, 3.05) is 6.54 Å². The van der Waals surface area contributed by atoms with Crippen LogP contribution in [0.2, 0.25) is 0 Å². The zero-order valence-electron chi connectivity index (χ0n) is 8.72. The maximum absolute atomic E-state index is 5.63. The number of aromatic nitrogens is 1. The summed E-state index contributed by atoms with van der Waals surface area (Å²) in [4.78, 5) is 8.58. The molecule has 0 aliphatic carbocycles. The minimum absolute atomic E-state index is 0.151. The Balaban J connectivity index is 2.10. The second kappa shape index (κ2) is 3.48. The van der Waals surface area contributed by atoms with Gasteiger partial charge in [-0.05, 0) is 6.07 Å². The van der Waals surface area contributed by atoms with E-state index in [-0.39, 0.29) is 6.04 Å². The Hall–Kier alpha value is -2.10. The van der Waals surface area contributed by atoms with E-state index < -0.39 is 0 Å². The summed E-state index contributed by atoms with van der Waals surface area (Å²) in [5, 5.41) is 4.30. The number of para-hydroxylation sites is 1. The standard InChI is InChI=1S/C12H12N4/c13-12-15-7-10(16-12)9-5-1-3-8-4-2-6-14-11(8)9/h1-6,10H,7H2,(H3,13,15,16). The van der Waals surface area contributed by atoms with Crippen molar-refractivity contribution in [3.8, 4) is 0 Å². The monoisotopic (exact) mass is 212 g/mol. The second-order valence-electron chi connectivity index (χ2n) is 3.85. The first-order valence-corrected chi connectivity index (χ1v) is 5.25. The van der Waals surface area contributed by atoms with E-state index in [4.69, 9.17) is 5.73 Å². The minimum atomic E-state index is 0.151. The van der Waals surface area contributed by atoms with Crippen LogP contribution in [0.1, 0.15) is 11.6 Å². The van der Waals surface area contributed by atoms with Gasteiger partial charge in [0, 0.05) is 17.1 Å². The van der Waals surface area contributed by atoms with Gasteiger partial charge in [-0.25, -0.2) is 0 Å². The molecule has 1 aromatic carbocycles. The largest absolute Gasteiger partial charge is 0.370 e. The number of nitrogens with one attached hydrogen (secondary N) is 1. The Morgan fingerprint density at radius 1 is 1.25 bits per heavy atom. The van der Waals surface area contributed by atoms with E-state index in [1.54, 1.807) is 0 Å². The van der Waals surface area contributed by atoms with Crippen molar-refractivity contribution in [3.63, 3.8) is 0 Å². The smallest absolute Gasteiger partial charge is 0.189 e. The number of fused-ring (bicyclic) bond motifs is 1. The highest BCUT2D eigenvalue weighted by molar-refractivity contribution is 5.85. The van der Waals surface area contributed by atoms with Gasteiger partial charge in [0.2, 0.25) is 0 Å². The van der Waals surface area contributed by atoms with E-state index in [1.165, 1.54) is 0 Å². The number of nitrogens with two attached hydrogens (primary N) is 1. The van der Waals surface area contributed by atoms with Crippen molar-refractivity contribution >= 4 is 16.9 Å². The highest BCUT2D eigenvalue weighted by atomic mass is 15.2. The van der Waals surface area contributed by atoms with Crippen molar-refractivity contribution in [1.82, 2.24) is 10.3 Å². The maximum atomic E-state index is 5.63. The van der Waals surface area contributed by atoms with Gasteiger partial charge in [-0.1, -0.05) is 24.3 Å². The molecule has 4 nitrogen and oxygen atoms in total. The topological polar surface area (TPSA) is 63.3 Å². The van der Waals surface area contributed by atoms with Crippen molar-refractivity contribution in [2.45, 2.75) is 6.04 Å². The molecular formula is C12H12N4. The molecule has 80 valence electrons. The zero-order chi connectivity index (χ0) is 11.0. The van der Waals surface area contributed by atoms with Crippen LogP contribution in [0.15, 0.2) is 41.5 Å². The number of guanidine groups is 1. The van der Waals surface area contributed by atoms with Gasteiger partial charge >= 0.3 is 0 Å². The molecule has 2 heterocycles. The Bertz CT molecular complexity index is 556. The zero-order valence-corrected chi connectivity index (χ0v) is 8.72. The molecule has 1 aromatic heterocycles. The van der Waals surface area contributed by atoms with Gasteiger partial charge in [0.1, 0.15) is 0 Å². The first-order chi connectivity index (χ1) is 7.84. The molecule has 0 bridgehead atoms. The van der Waals surface area contributed by atoms with Gasteiger partial charge in [0.25, 0.3) is 0 Å². The number of benzene rings is 1. The molecule has 1 unspecified atom stereocenters. The van der Waals surface area contributed by atoms with Crippen molar-refractivity contribution in [3.05, 3.63) is 42.1 Å². The van der Waals surface area contributed by atoms with E-state index in [0.29, 0.717) is 12.5 Å². The highest BCUT2D eigenvalue weighted by Gasteiger charge is 2.19. The summed E-state index contributed by atoms with van der Waals surface area (Å²) in [5.41, 5.74) is 7.80. The van der Waals surface area contributed by atoms with Crippen molar-refractivity contribution < 1.29 is 0 Å². The van der Waals surface area contributed by atoms with Crippen LogP contribution in [0.3, 0.4) is 0 Å². The average molecular weight is 212 g/mol. The Labute approximate surface area is 93.2 Å². The van der Waals surface area contributed by atoms with Gasteiger partial charge in [-0.2, -0.15) is 0 Å². The molecule has 2 aromatic rings. The molecule has 3 N–H and O–H groups in total. The van der Waals surface area contributed by atoms with Crippen LogP contribution in [0.4, 0.5) is 0 Å². The lowest BCUT2D eigenvalue weighted by Crippen LogP contribution is -2.29. The lowest BCUT2D eigenvalue weighted by Gasteiger charge is -2.12. The first-order valence-electron chi connectivity index (χ1n) is 5.25. The van der Waals surface area contributed by atoms with Crippen molar-refractivity contribution in [2.24, 2.45) is 10.7 Å². The molecule has 0 fully saturated rings. The summed E-state index contributed by atoms with van der Waals surface area (Å²) in [6, 6.07) is 10.3. The number of nitrogens with zero attached hydrogens (tertiary/aromatic N) is 2. The van der Waals surface area contributed by atoms with Crippen LogP contribution in [-0.2, 0) is 0 Å². The molecule has 0 spiro atoms. The summed E-state index contributed by atoms with van der Waals surface area (Å²) < 4.78 is 0. The third-order valence-corrected chi connectivity index (χ3v) is 2.81. The Kier molecular flexibility index (Phi) is 1.99. The molecule has 3 rings (SSSR count). The molecule has 0 radical (unpaired) electrons. The number of aliphatic imine (C=N–C) groups is 1. The van der Waals surface area contributed by atoms with E-state index in [2.05, 4.69) is 33.5 Å². The Morgan fingerprint density at radius 2 is 2.12 bits per heavy atom. The third-order valence-electron chi connectivity index (χ3n) is 2.81. The fourth-order valence-corrected chi connectivity index (χ4v) is 2.04. The number of pyridine rings is 1. The lowest BCUT2D eigenvalue weighted by atomic mass is 10.0. The Morgan fingerprint density at radius 3 is 2.94 bits per heavy atom. The second-order valence-corrected chi connectivity index (χ2v) is 3.85. The van der Waals surface area contributed by atoms with Gasteiger partial charge in [-0.3, -0.25) is 9.98 Å². The summed E-state index contributed by atoms with van der Waals surface area (Å²) >= 11 is 0. The average Bonchev–Trinajstić information content (AvgIpc) is 2.75. The molecule has 1 atom stereocenters. The van der Waals surface area contributed by atoms with E-state index in [9.17, 15) is 0 Å². The normalized spacial score (nSPS) is 19.5. The quantitative estimate of drug-likeness (QED) is 0.746. The fraction of sp³-hybridized carbons (Fsp3) is 0.167. The molecule has 1 aliphatic heterocycles. The predicted octanol–water partition coefficient (Wildman–Crippen LogP) is 1.19. The minimum Gasteiger partial charge on any atom is -0.370 e. The summed E-state index contributed by atoms with van der Waals surface area (Å²) in [7, 11) is 0. The van der Waals surface area contributed by atoms with E-state index in [1.807, 2.05) is 18.3 Å². The van der Waals surface area contributed by atoms with Gasteiger partial charge in [0.15, 0.2) is 5.96 Å². The number of hydrogen-bond donors (Lipinski definition) is 2. The molecular weight excluding hydrogens is 200 g/mol.